The molecular formula is C34H60N2O4. The minimum atomic E-state index is -0.204. The van der Waals surface area contributed by atoms with Crippen LogP contribution in [0.3, 0.4) is 0 Å². The molecule has 0 amide bonds. The molecule has 2 aliphatic heterocycles. The Kier molecular flexibility index (Phi) is 9.72. The molecule has 2 N–H and O–H groups in total. The lowest BCUT2D eigenvalue weighted by Gasteiger charge is -2.38. The van der Waals surface area contributed by atoms with Crippen LogP contribution in [0.5, 0.6) is 0 Å². The molecule has 4 fully saturated rings. The van der Waals surface area contributed by atoms with Crippen molar-refractivity contribution in [1.29, 1.82) is 0 Å². The molecule has 0 spiro atoms. The lowest BCUT2D eigenvalue weighted by molar-refractivity contribution is -0.151. The minimum Gasteiger partial charge on any atom is -0.465 e. The predicted octanol–water partition coefficient (Wildman–Crippen LogP) is 6.80. The van der Waals surface area contributed by atoms with Crippen LogP contribution in [-0.4, -0.2) is 47.3 Å². The predicted molar refractivity (Wildman–Crippen MR) is 161 cm³/mol. The molecular weight excluding hydrogens is 500 g/mol. The summed E-state index contributed by atoms with van der Waals surface area (Å²) in [7, 11) is 0. The van der Waals surface area contributed by atoms with E-state index in [1.54, 1.807) is 0 Å². The van der Waals surface area contributed by atoms with Gasteiger partial charge in [0.2, 0.25) is 0 Å². The highest BCUT2D eigenvalue weighted by molar-refractivity contribution is 5.75. The number of hydrogen-bond donors (Lipinski definition) is 2. The molecule has 2 aliphatic carbocycles. The van der Waals surface area contributed by atoms with E-state index in [0.29, 0.717) is 25.0 Å². The van der Waals surface area contributed by atoms with Crippen LogP contribution in [0, 0.1) is 35.5 Å². The van der Waals surface area contributed by atoms with Crippen molar-refractivity contribution in [3.05, 3.63) is 0 Å². The fourth-order valence-corrected chi connectivity index (χ4v) is 9.06. The van der Waals surface area contributed by atoms with Crippen LogP contribution in [0.25, 0.3) is 0 Å². The van der Waals surface area contributed by atoms with Gasteiger partial charge in [0.15, 0.2) is 0 Å². The Morgan fingerprint density at radius 3 is 1.18 bits per heavy atom. The second-order valence-electron chi connectivity index (χ2n) is 16.4. The maximum absolute atomic E-state index is 12.8. The van der Waals surface area contributed by atoms with E-state index < -0.39 is 0 Å². The standard InChI is InChI=1S/C34H60N2O4/c1-31(2)21-27(33(5,6)35-31)29(37)39-19-17-23-9-13-25(14-10-23)26-15-11-24(12-16-26)18-20-40-30(38)28-22-32(3,4)36-34(28,7)8/h23-28,35-36H,9-22H2,1-8H3. The highest BCUT2D eigenvalue weighted by Gasteiger charge is 2.49. The summed E-state index contributed by atoms with van der Waals surface area (Å²) in [6.07, 6.45) is 14.2. The molecule has 0 aromatic carbocycles. The number of hydrogen-bond acceptors (Lipinski definition) is 6. The third-order valence-corrected chi connectivity index (χ3v) is 11.1. The van der Waals surface area contributed by atoms with E-state index in [9.17, 15) is 9.59 Å². The van der Waals surface area contributed by atoms with Crippen molar-refractivity contribution < 1.29 is 19.1 Å². The maximum Gasteiger partial charge on any atom is 0.310 e. The number of rotatable bonds is 9. The Bertz CT molecular complexity index is 806. The molecule has 0 aromatic heterocycles. The number of carbonyl (C=O) groups excluding carboxylic acids is 2. The quantitative estimate of drug-likeness (QED) is 0.302. The first-order valence-electron chi connectivity index (χ1n) is 16.5. The van der Waals surface area contributed by atoms with Gasteiger partial charge in [-0.25, -0.2) is 0 Å². The molecule has 2 heterocycles. The van der Waals surface area contributed by atoms with E-state index in [1.807, 2.05) is 0 Å². The highest BCUT2D eigenvalue weighted by atomic mass is 16.5. The molecule has 2 unspecified atom stereocenters. The van der Waals surface area contributed by atoms with Gasteiger partial charge in [-0.15, -0.1) is 0 Å². The van der Waals surface area contributed by atoms with Gasteiger partial charge in [-0.2, -0.15) is 0 Å². The van der Waals surface area contributed by atoms with Gasteiger partial charge in [0.25, 0.3) is 0 Å². The Morgan fingerprint density at radius 2 is 0.900 bits per heavy atom. The van der Waals surface area contributed by atoms with Crippen LogP contribution in [0.1, 0.15) is 132 Å². The van der Waals surface area contributed by atoms with Crippen molar-refractivity contribution >= 4 is 11.9 Å². The van der Waals surface area contributed by atoms with Gasteiger partial charge < -0.3 is 20.1 Å². The average Bonchev–Trinajstić information content (AvgIpc) is 3.23. The number of esters is 2. The summed E-state index contributed by atoms with van der Waals surface area (Å²) in [5.74, 6) is 2.96. The van der Waals surface area contributed by atoms with Gasteiger partial charge >= 0.3 is 11.9 Å². The summed E-state index contributed by atoms with van der Waals surface area (Å²) in [6, 6.07) is 0. The Hall–Kier alpha value is -1.14. The van der Waals surface area contributed by atoms with E-state index in [2.05, 4.69) is 66.0 Å². The summed E-state index contributed by atoms with van der Waals surface area (Å²) in [5, 5.41) is 7.17. The molecule has 0 radical (unpaired) electrons. The van der Waals surface area contributed by atoms with Crippen molar-refractivity contribution in [3.8, 4) is 0 Å². The van der Waals surface area contributed by atoms with Crippen LogP contribution in [0.2, 0.25) is 0 Å². The van der Waals surface area contributed by atoms with Gasteiger partial charge in [-0.3, -0.25) is 9.59 Å². The number of carbonyl (C=O) groups is 2. The fraction of sp³-hybridized carbons (Fsp3) is 0.941. The molecule has 6 heteroatoms. The molecule has 4 rings (SSSR count). The largest absolute Gasteiger partial charge is 0.465 e. The monoisotopic (exact) mass is 560 g/mol. The van der Waals surface area contributed by atoms with Gasteiger partial charge in [0.05, 0.1) is 25.0 Å². The lowest BCUT2D eigenvalue weighted by Crippen LogP contribution is -2.46. The van der Waals surface area contributed by atoms with Crippen molar-refractivity contribution in [2.45, 2.75) is 155 Å². The van der Waals surface area contributed by atoms with E-state index >= 15 is 0 Å². The first kappa shape index (κ1) is 31.8. The molecule has 40 heavy (non-hydrogen) atoms. The summed E-state index contributed by atoms with van der Waals surface area (Å²) < 4.78 is 11.6. The van der Waals surface area contributed by atoms with Crippen molar-refractivity contribution in [3.63, 3.8) is 0 Å². The minimum absolute atomic E-state index is 0.0143. The Labute approximate surface area is 244 Å². The van der Waals surface area contributed by atoms with E-state index in [0.717, 1.165) is 37.5 Å². The summed E-state index contributed by atoms with van der Waals surface area (Å²) in [6.45, 7) is 18.3. The fourth-order valence-electron chi connectivity index (χ4n) is 9.06. The van der Waals surface area contributed by atoms with Crippen LogP contribution in [0.15, 0.2) is 0 Å². The van der Waals surface area contributed by atoms with Crippen LogP contribution in [-0.2, 0) is 19.1 Å². The smallest absolute Gasteiger partial charge is 0.310 e. The molecule has 2 saturated carbocycles. The van der Waals surface area contributed by atoms with Gasteiger partial charge in [-0.05, 0) is 130 Å². The molecule has 2 atom stereocenters. The zero-order chi connectivity index (χ0) is 29.3. The maximum atomic E-state index is 12.8. The summed E-state index contributed by atoms with van der Waals surface area (Å²) in [5.41, 5.74) is -0.438. The third-order valence-electron chi connectivity index (χ3n) is 11.1. The van der Waals surface area contributed by atoms with Gasteiger partial charge in [-0.1, -0.05) is 25.7 Å². The highest BCUT2D eigenvalue weighted by Crippen LogP contribution is 2.43. The number of ether oxygens (including phenoxy) is 2. The summed E-state index contributed by atoms with van der Waals surface area (Å²) >= 11 is 0. The van der Waals surface area contributed by atoms with Crippen LogP contribution >= 0.6 is 0 Å². The van der Waals surface area contributed by atoms with E-state index in [4.69, 9.17) is 9.47 Å². The van der Waals surface area contributed by atoms with Crippen molar-refractivity contribution in [2.24, 2.45) is 35.5 Å². The Balaban J connectivity index is 1.08. The SMILES string of the molecule is CC1(C)CC(C(=O)OCCC2CCC(C3CCC(CCOC(=O)C4CC(C)(C)NC4(C)C)CC3)CC2)C(C)(C)N1. The first-order chi connectivity index (χ1) is 18.6. The molecule has 0 aromatic rings. The van der Waals surface area contributed by atoms with Crippen LogP contribution in [0.4, 0.5) is 0 Å². The zero-order valence-electron chi connectivity index (χ0n) is 27.0. The first-order valence-corrected chi connectivity index (χ1v) is 16.5. The summed E-state index contributed by atoms with van der Waals surface area (Å²) in [4.78, 5) is 25.6. The van der Waals surface area contributed by atoms with Crippen molar-refractivity contribution in [2.75, 3.05) is 13.2 Å². The second kappa shape index (κ2) is 12.2. The van der Waals surface area contributed by atoms with Crippen LogP contribution < -0.4 is 10.6 Å². The van der Waals surface area contributed by atoms with Crippen molar-refractivity contribution in [1.82, 2.24) is 10.6 Å². The zero-order valence-corrected chi connectivity index (χ0v) is 27.0. The Morgan fingerprint density at radius 1 is 0.575 bits per heavy atom. The normalized spacial score (nSPS) is 36.2. The second-order valence-corrected chi connectivity index (χ2v) is 16.4. The molecule has 230 valence electrons. The molecule has 4 aliphatic rings. The third kappa shape index (κ3) is 8.02. The lowest BCUT2D eigenvalue weighted by atomic mass is 9.68. The molecule has 2 saturated heterocycles. The van der Waals surface area contributed by atoms with Gasteiger partial charge in [0.1, 0.15) is 0 Å². The van der Waals surface area contributed by atoms with E-state index in [-0.39, 0.29) is 45.9 Å². The van der Waals surface area contributed by atoms with Gasteiger partial charge in [0, 0.05) is 22.2 Å². The topological polar surface area (TPSA) is 76.7 Å². The molecule has 6 nitrogen and oxygen atoms in total. The molecule has 0 bridgehead atoms. The van der Waals surface area contributed by atoms with E-state index in [1.165, 1.54) is 51.4 Å². The average molecular weight is 561 g/mol. The number of nitrogens with one attached hydrogen (secondary N) is 2.